The normalized spacial score (nSPS) is 18.8. The number of carbonyl (C=O) groups excluding carboxylic acids is 1. The molecule has 0 aromatic heterocycles. The summed E-state index contributed by atoms with van der Waals surface area (Å²) in [6.07, 6.45) is 1.53. The van der Waals surface area contributed by atoms with Gasteiger partial charge in [-0.1, -0.05) is 43.3 Å². The number of carbonyl (C=O) groups is 1. The average Bonchev–Trinajstić information content (AvgIpc) is 3.23. The summed E-state index contributed by atoms with van der Waals surface area (Å²) in [7, 11) is 4.03. The average molecular weight is 419 g/mol. The second-order valence-electron chi connectivity index (χ2n) is 8.55. The second-order valence-corrected chi connectivity index (χ2v) is 8.55. The molecular weight excluding hydrogens is 388 g/mol. The molecule has 0 spiro atoms. The molecule has 3 aromatic carbocycles. The number of aryl methyl sites for hydroxylation is 1. The van der Waals surface area contributed by atoms with Crippen LogP contribution in [0.25, 0.3) is 21.9 Å². The smallest absolute Gasteiger partial charge is 0.254 e. The van der Waals surface area contributed by atoms with Gasteiger partial charge in [0.05, 0.1) is 12.6 Å². The Morgan fingerprint density at radius 3 is 2.55 bits per heavy atom. The topological polar surface area (TPSA) is 64.0 Å². The lowest BCUT2D eigenvalue weighted by atomic mass is 9.94. The molecule has 2 atom stereocenters. The molecule has 0 aliphatic carbocycles. The van der Waals surface area contributed by atoms with E-state index in [9.17, 15) is 15.0 Å². The van der Waals surface area contributed by atoms with Crippen molar-refractivity contribution in [1.82, 2.24) is 9.80 Å². The first-order valence-corrected chi connectivity index (χ1v) is 10.9. The van der Waals surface area contributed by atoms with Crippen molar-refractivity contribution in [3.05, 3.63) is 65.7 Å². The molecule has 31 heavy (non-hydrogen) atoms. The highest BCUT2D eigenvalue weighted by molar-refractivity contribution is 6.10. The van der Waals surface area contributed by atoms with E-state index in [2.05, 4.69) is 11.0 Å². The zero-order chi connectivity index (χ0) is 22.1. The van der Waals surface area contributed by atoms with Crippen molar-refractivity contribution in [3.63, 3.8) is 0 Å². The molecule has 5 nitrogen and oxygen atoms in total. The summed E-state index contributed by atoms with van der Waals surface area (Å²) in [5.74, 6) is 0.271. The molecule has 1 amide bonds. The molecule has 1 aliphatic heterocycles. The quantitative estimate of drug-likeness (QED) is 0.659. The molecule has 4 rings (SSSR count). The number of aromatic hydroxyl groups is 1. The third-order valence-electron chi connectivity index (χ3n) is 6.52. The number of likely N-dealkylation sites (N-methyl/N-ethyl adjacent to an activating group) is 1. The van der Waals surface area contributed by atoms with E-state index in [1.807, 2.05) is 68.4 Å². The highest BCUT2D eigenvalue weighted by Gasteiger charge is 2.36. The van der Waals surface area contributed by atoms with Crippen molar-refractivity contribution >= 4 is 16.7 Å². The first-order valence-electron chi connectivity index (χ1n) is 10.9. The Hall–Kier alpha value is -2.89. The highest BCUT2D eigenvalue weighted by Crippen LogP contribution is 2.34. The lowest BCUT2D eigenvalue weighted by Gasteiger charge is -2.24. The second kappa shape index (κ2) is 8.69. The number of aliphatic hydroxyl groups excluding tert-OH is 1. The van der Waals surface area contributed by atoms with Gasteiger partial charge in [-0.2, -0.15) is 0 Å². The largest absolute Gasteiger partial charge is 0.508 e. The molecule has 2 N–H and O–H groups in total. The fourth-order valence-electron chi connectivity index (χ4n) is 4.63. The summed E-state index contributed by atoms with van der Waals surface area (Å²) in [6.45, 7) is 2.61. The van der Waals surface area contributed by atoms with Gasteiger partial charge < -0.3 is 20.0 Å². The summed E-state index contributed by atoms with van der Waals surface area (Å²) in [4.78, 5) is 17.5. The molecule has 0 saturated carbocycles. The Balaban J connectivity index is 1.77. The van der Waals surface area contributed by atoms with Crippen LogP contribution in [0.15, 0.2) is 54.6 Å². The minimum atomic E-state index is -0.164. The van der Waals surface area contributed by atoms with Crippen LogP contribution >= 0.6 is 0 Å². The van der Waals surface area contributed by atoms with Crippen molar-refractivity contribution in [2.75, 3.05) is 27.2 Å². The highest BCUT2D eigenvalue weighted by atomic mass is 16.3. The molecule has 162 valence electrons. The van der Waals surface area contributed by atoms with Gasteiger partial charge in [0.25, 0.3) is 5.91 Å². The summed E-state index contributed by atoms with van der Waals surface area (Å²) >= 11 is 0. The monoisotopic (exact) mass is 418 g/mol. The number of likely N-dealkylation sites (tertiary alicyclic amines) is 1. The first kappa shape index (κ1) is 21.3. The van der Waals surface area contributed by atoms with Crippen molar-refractivity contribution in [3.8, 4) is 16.9 Å². The molecule has 1 fully saturated rings. The molecule has 5 heteroatoms. The van der Waals surface area contributed by atoms with Gasteiger partial charge in [0.2, 0.25) is 0 Å². The molecule has 1 aliphatic rings. The molecule has 1 saturated heterocycles. The minimum Gasteiger partial charge on any atom is -0.508 e. The van der Waals surface area contributed by atoms with Gasteiger partial charge >= 0.3 is 0 Å². The predicted molar refractivity (Wildman–Crippen MR) is 124 cm³/mol. The lowest BCUT2D eigenvalue weighted by molar-refractivity contribution is 0.0675. The molecule has 0 bridgehead atoms. The van der Waals surface area contributed by atoms with E-state index in [4.69, 9.17) is 0 Å². The van der Waals surface area contributed by atoms with Crippen LogP contribution in [0.5, 0.6) is 5.75 Å². The molecule has 1 heterocycles. The zero-order valence-electron chi connectivity index (χ0n) is 18.4. The summed E-state index contributed by atoms with van der Waals surface area (Å²) in [6, 6.07) is 17.6. The predicted octanol–water partition coefficient (Wildman–Crippen LogP) is 3.91. The van der Waals surface area contributed by atoms with Gasteiger partial charge in [0.15, 0.2) is 0 Å². The summed E-state index contributed by atoms with van der Waals surface area (Å²) in [5, 5.41) is 21.9. The maximum Gasteiger partial charge on any atom is 0.254 e. The van der Waals surface area contributed by atoms with E-state index in [-0.39, 0.29) is 24.6 Å². The van der Waals surface area contributed by atoms with Crippen LogP contribution in [-0.4, -0.2) is 65.3 Å². The van der Waals surface area contributed by atoms with E-state index in [1.165, 1.54) is 0 Å². The number of amides is 1. The Morgan fingerprint density at radius 2 is 1.84 bits per heavy atom. The number of hydrogen-bond acceptors (Lipinski definition) is 4. The molecule has 3 aromatic rings. The van der Waals surface area contributed by atoms with E-state index in [0.717, 1.165) is 40.3 Å². The van der Waals surface area contributed by atoms with Gasteiger partial charge in [-0.25, -0.2) is 0 Å². The van der Waals surface area contributed by atoms with E-state index < -0.39 is 0 Å². The lowest BCUT2D eigenvalue weighted by Crippen LogP contribution is -2.39. The van der Waals surface area contributed by atoms with Crippen LogP contribution in [-0.2, 0) is 6.42 Å². The Kier molecular flexibility index (Phi) is 5.99. The number of phenols is 1. The van der Waals surface area contributed by atoms with Gasteiger partial charge in [-0.05, 0) is 72.6 Å². The maximum absolute atomic E-state index is 13.6. The summed E-state index contributed by atoms with van der Waals surface area (Å²) in [5.41, 5.74) is 3.62. The Bertz CT molecular complexity index is 1110. The number of hydrogen-bond donors (Lipinski definition) is 2. The van der Waals surface area contributed by atoms with Crippen molar-refractivity contribution in [1.29, 1.82) is 0 Å². The molecule has 0 unspecified atom stereocenters. The van der Waals surface area contributed by atoms with E-state index >= 15 is 0 Å². The van der Waals surface area contributed by atoms with Crippen LogP contribution in [0.2, 0.25) is 0 Å². The third kappa shape index (κ3) is 3.91. The van der Waals surface area contributed by atoms with E-state index in [0.29, 0.717) is 17.9 Å². The first-order chi connectivity index (χ1) is 14.9. The zero-order valence-corrected chi connectivity index (χ0v) is 18.4. The number of aliphatic hydroxyl groups is 1. The maximum atomic E-state index is 13.6. The Labute approximate surface area is 183 Å². The van der Waals surface area contributed by atoms with Crippen molar-refractivity contribution in [2.24, 2.45) is 0 Å². The number of benzene rings is 3. The van der Waals surface area contributed by atoms with Gasteiger partial charge in [0, 0.05) is 18.2 Å². The minimum absolute atomic E-state index is 0.0284. The van der Waals surface area contributed by atoms with Gasteiger partial charge in [-0.3, -0.25) is 4.79 Å². The fraction of sp³-hybridized carbons (Fsp3) is 0.346. The van der Waals surface area contributed by atoms with Gasteiger partial charge in [0.1, 0.15) is 5.75 Å². The van der Waals surface area contributed by atoms with Crippen LogP contribution < -0.4 is 0 Å². The van der Waals surface area contributed by atoms with Crippen LogP contribution in [0.1, 0.15) is 29.3 Å². The van der Waals surface area contributed by atoms with Crippen LogP contribution in [0, 0.1) is 0 Å². The number of nitrogens with zero attached hydrogens (tertiary/aromatic N) is 2. The summed E-state index contributed by atoms with van der Waals surface area (Å²) < 4.78 is 0. The van der Waals surface area contributed by atoms with Crippen molar-refractivity contribution < 1.29 is 15.0 Å². The number of fused-ring (bicyclic) bond motifs is 1. The van der Waals surface area contributed by atoms with Crippen LogP contribution in [0.3, 0.4) is 0 Å². The van der Waals surface area contributed by atoms with Crippen molar-refractivity contribution in [2.45, 2.75) is 31.8 Å². The number of phenolic OH excluding ortho intramolecular Hbond substituents is 1. The third-order valence-corrected chi connectivity index (χ3v) is 6.52. The Morgan fingerprint density at radius 1 is 1.10 bits per heavy atom. The van der Waals surface area contributed by atoms with Gasteiger partial charge in [-0.15, -0.1) is 0 Å². The number of rotatable bonds is 5. The molecule has 0 radical (unpaired) electrons. The fourth-order valence-corrected chi connectivity index (χ4v) is 4.63. The molecular formula is C26H30N2O3. The van der Waals surface area contributed by atoms with Crippen LogP contribution in [0.4, 0.5) is 0 Å². The van der Waals surface area contributed by atoms with E-state index in [1.54, 1.807) is 6.07 Å². The SMILES string of the molecule is CCc1cc(-c2cccc3c(C(=O)N4C[C@H](N(C)C)C[C@H]4CO)cccc23)ccc1O. The standard InChI is InChI=1S/C26H30N2O3/c1-4-17-13-18(11-12-25(17)30)21-7-5-9-23-22(21)8-6-10-24(23)26(31)28-15-19(27(2)3)14-20(28)16-29/h5-13,19-20,29-30H,4,14-16H2,1-3H3/t19-,20+/m1/s1.